The van der Waals surface area contributed by atoms with Crippen molar-refractivity contribution in [3.8, 4) is 0 Å². The monoisotopic (exact) mass is 235 g/mol. The summed E-state index contributed by atoms with van der Waals surface area (Å²) in [5.74, 6) is -6.14. The molecule has 1 aromatic heterocycles. The van der Waals surface area contributed by atoms with Crippen molar-refractivity contribution in [3.63, 3.8) is 0 Å². The van der Waals surface area contributed by atoms with Crippen molar-refractivity contribution < 1.29 is 17.6 Å². The van der Waals surface area contributed by atoms with Gasteiger partial charge in [0.05, 0.1) is 17.5 Å². The second-order valence-corrected chi connectivity index (χ2v) is 4.78. The van der Waals surface area contributed by atoms with E-state index in [-0.39, 0.29) is 5.69 Å². The summed E-state index contributed by atoms with van der Waals surface area (Å²) in [5.41, 5.74) is -2.13. The van der Waals surface area contributed by atoms with Gasteiger partial charge >= 0.3 is 0 Å². The standard InChI is InChI=1S/C11H13F4N/c1-10(2,3)9-8(13)7(11(4,14)15)6(12)5-16-9/h5H,1-4H3. The highest BCUT2D eigenvalue weighted by Crippen LogP contribution is 2.35. The number of aromatic nitrogens is 1. The van der Waals surface area contributed by atoms with Gasteiger partial charge in [0.1, 0.15) is 0 Å². The fraction of sp³-hybridized carbons (Fsp3) is 0.545. The Balaban J connectivity index is 3.52. The van der Waals surface area contributed by atoms with Crippen LogP contribution in [0.25, 0.3) is 0 Å². The van der Waals surface area contributed by atoms with Crippen molar-refractivity contribution >= 4 is 0 Å². The molecule has 0 fully saturated rings. The van der Waals surface area contributed by atoms with Gasteiger partial charge in [-0.2, -0.15) is 0 Å². The molecular formula is C11H13F4N. The molecule has 1 rings (SSSR count). The Labute approximate surface area is 91.5 Å². The number of hydrogen-bond acceptors (Lipinski definition) is 1. The molecule has 0 saturated heterocycles. The summed E-state index contributed by atoms with van der Waals surface area (Å²) in [4.78, 5) is 3.54. The van der Waals surface area contributed by atoms with Crippen molar-refractivity contribution in [2.24, 2.45) is 0 Å². The second kappa shape index (κ2) is 3.71. The average molecular weight is 235 g/mol. The molecule has 0 saturated carbocycles. The lowest BCUT2D eigenvalue weighted by Crippen LogP contribution is -2.22. The molecule has 0 aromatic carbocycles. The van der Waals surface area contributed by atoms with E-state index in [1.54, 1.807) is 20.8 Å². The summed E-state index contributed by atoms with van der Waals surface area (Å²) >= 11 is 0. The Morgan fingerprint density at radius 2 is 1.56 bits per heavy atom. The number of hydrogen-bond donors (Lipinski definition) is 0. The zero-order valence-electron chi connectivity index (χ0n) is 9.54. The summed E-state index contributed by atoms with van der Waals surface area (Å²) in [6.07, 6.45) is 0.635. The van der Waals surface area contributed by atoms with E-state index in [0.29, 0.717) is 13.1 Å². The van der Waals surface area contributed by atoms with Crippen LogP contribution in [0.15, 0.2) is 6.20 Å². The largest absolute Gasteiger partial charge is 0.276 e. The molecule has 1 nitrogen and oxygen atoms in total. The van der Waals surface area contributed by atoms with Crippen molar-refractivity contribution in [1.29, 1.82) is 0 Å². The van der Waals surface area contributed by atoms with E-state index in [2.05, 4.69) is 4.98 Å². The maximum Gasteiger partial charge on any atom is 0.276 e. The molecule has 0 aliphatic rings. The fourth-order valence-electron chi connectivity index (χ4n) is 1.39. The van der Waals surface area contributed by atoms with Crippen molar-refractivity contribution in [3.05, 3.63) is 29.1 Å². The smallest absolute Gasteiger partial charge is 0.255 e. The highest BCUT2D eigenvalue weighted by atomic mass is 19.3. The quantitative estimate of drug-likeness (QED) is 0.675. The molecule has 0 radical (unpaired) electrons. The van der Waals surface area contributed by atoms with E-state index in [1.165, 1.54) is 0 Å². The molecule has 0 unspecified atom stereocenters. The molecule has 0 aliphatic heterocycles. The van der Waals surface area contributed by atoms with Gasteiger partial charge in [-0.1, -0.05) is 20.8 Å². The van der Waals surface area contributed by atoms with Gasteiger partial charge in [0, 0.05) is 12.3 Å². The minimum absolute atomic E-state index is 0.162. The predicted molar refractivity (Wildman–Crippen MR) is 52.4 cm³/mol. The summed E-state index contributed by atoms with van der Waals surface area (Å²) in [6.45, 7) is 5.32. The van der Waals surface area contributed by atoms with Gasteiger partial charge in [0.2, 0.25) is 0 Å². The number of pyridine rings is 1. The van der Waals surface area contributed by atoms with Crippen LogP contribution >= 0.6 is 0 Å². The average Bonchev–Trinajstić information content (AvgIpc) is 1.97. The summed E-state index contributed by atoms with van der Waals surface area (Å²) < 4.78 is 52.9. The van der Waals surface area contributed by atoms with E-state index in [0.717, 1.165) is 0 Å². The van der Waals surface area contributed by atoms with Crippen molar-refractivity contribution in [2.45, 2.75) is 39.0 Å². The van der Waals surface area contributed by atoms with Crippen LogP contribution in [-0.2, 0) is 11.3 Å². The highest BCUT2D eigenvalue weighted by molar-refractivity contribution is 5.28. The number of rotatable bonds is 1. The van der Waals surface area contributed by atoms with Crippen LogP contribution in [0.4, 0.5) is 17.6 Å². The van der Waals surface area contributed by atoms with Crippen LogP contribution in [0.1, 0.15) is 39.0 Å². The first-order chi connectivity index (χ1) is 7.05. The molecule has 0 atom stereocenters. The Morgan fingerprint density at radius 3 is 1.94 bits per heavy atom. The third-order valence-electron chi connectivity index (χ3n) is 2.12. The maximum absolute atomic E-state index is 13.7. The van der Waals surface area contributed by atoms with E-state index >= 15 is 0 Å². The maximum atomic E-state index is 13.7. The lowest BCUT2D eigenvalue weighted by molar-refractivity contribution is 0.00925. The summed E-state index contributed by atoms with van der Waals surface area (Å²) in [7, 11) is 0. The highest BCUT2D eigenvalue weighted by Gasteiger charge is 2.36. The molecule has 1 heterocycles. The first-order valence-corrected chi connectivity index (χ1v) is 4.78. The van der Waals surface area contributed by atoms with Crippen molar-refractivity contribution in [2.75, 3.05) is 0 Å². The molecule has 5 heteroatoms. The first-order valence-electron chi connectivity index (χ1n) is 4.78. The Hall–Kier alpha value is -1.13. The van der Waals surface area contributed by atoms with E-state index in [9.17, 15) is 17.6 Å². The first kappa shape index (κ1) is 12.9. The minimum atomic E-state index is -3.56. The lowest BCUT2D eigenvalue weighted by atomic mass is 9.89. The Morgan fingerprint density at radius 1 is 1.06 bits per heavy atom. The summed E-state index contributed by atoms with van der Waals surface area (Å²) in [6, 6.07) is 0. The molecular weight excluding hydrogens is 222 g/mol. The van der Waals surface area contributed by atoms with E-state index in [1.807, 2.05) is 0 Å². The molecule has 16 heavy (non-hydrogen) atoms. The van der Waals surface area contributed by atoms with Crippen LogP contribution in [0, 0.1) is 11.6 Å². The fourth-order valence-corrected chi connectivity index (χ4v) is 1.39. The van der Waals surface area contributed by atoms with Crippen LogP contribution in [0.2, 0.25) is 0 Å². The van der Waals surface area contributed by atoms with Crippen molar-refractivity contribution in [1.82, 2.24) is 4.98 Å². The summed E-state index contributed by atoms with van der Waals surface area (Å²) in [5, 5.41) is 0. The Kier molecular flexibility index (Phi) is 3.00. The number of halogens is 4. The zero-order valence-corrected chi connectivity index (χ0v) is 9.54. The van der Waals surface area contributed by atoms with Gasteiger partial charge < -0.3 is 0 Å². The van der Waals surface area contributed by atoms with Crippen LogP contribution < -0.4 is 0 Å². The zero-order chi connectivity index (χ0) is 12.7. The number of alkyl halides is 2. The minimum Gasteiger partial charge on any atom is -0.255 e. The van der Waals surface area contributed by atoms with Gasteiger partial charge in [-0.3, -0.25) is 4.98 Å². The Bertz CT molecular complexity index is 402. The van der Waals surface area contributed by atoms with Gasteiger partial charge in [-0.15, -0.1) is 0 Å². The molecule has 0 N–H and O–H groups in total. The molecule has 0 spiro atoms. The normalized spacial score (nSPS) is 13.0. The van der Waals surface area contributed by atoms with E-state index in [4.69, 9.17) is 0 Å². The van der Waals surface area contributed by atoms with Gasteiger partial charge in [0.15, 0.2) is 11.6 Å². The SMILES string of the molecule is CC(C)(C)c1ncc(F)c(C(C)(F)F)c1F. The molecule has 90 valence electrons. The van der Waals surface area contributed by atoms with Gasteiger partial charge in [0.25, 0.3) is 5.92 Å². The molecule has 1 aromatic rings. The predicted octanol–water partition coefficient (Wildman–Crippen LogP) is 3.77. The van der Waals surface area contributed by atoms with Gasteiger partial charge in [-0.25, -0.2) is 17.6 Å². The van der Waals surface area contributed by atoms with Crippen LogP contribution in [0.3, 0.4) is 0 Å². The third-order valence-corrected chi connectivity index (χ3v) is 2.12. The molecule has 0 aliphatic carbocycles. The van der Waals surface area contributed by atoms with E-state index < -0.39 is 28.5 Å². The number of nitrogens with zero attached hydrogens (tertiary/aromatic N) is 1. The van der Waals surface area contributed by atoms with Crippen LogP contribution in [0.5, 0.6) is 0 Å². The molecule has 0 amide bonds. The lowest BCUT2D eigenvalue weighted by Gasteiger charge is -2.21. The topological polar surface area (TPSA) is 12.9 Å². The van der Waals surface area contributed by atoms with Crippen LogP contribution in [-0.4, -0.2) is 4.98 Å². The third kappa shape index (κ3) is 2.33. The molecule has 0 bridgehead atoms. The van der Waals surface area contributed by atoms with Gasteiger partial charge in [-0.05, 0) is 0 Å². The second-order valence-electron chi connectivity index (χ2n) is 4.78.